The highest BCUT2D eigenvalue weighted by molar-refractivity contribution is 6.30. The Morgan fingerprint density at radius 3 is 2.13 bits per heavy atom. The molecule has 3 aromatic rings. The van der Waals surface area contributed by atoms with E-state index in [1.54, 1.807) is 13.3 Å². The Bertz CT molecular complexity index is 1200. The van der Waals surface area contributed by atoms with Crippen molar-refractivity contribution < 1.29 is 18.9 Å². The molecule has 0 aliphatic carbocycles. The molecule has 2 aliphatic rings. The quantitative estimate of drug-likeness (QED) is 0.322. The van der Waals surface area contributed by atoms with E-state index in [0.717, 1.165) is 37.3 Å². The third kappa shape index (κ3) is 6.80. The molecule has 0 saturated carbocycles. The van der Waals surface area contributed by atoms with Crippen molar-refractivity contribution in [2.24, 2.45) is 5.10 Å². The monoisotopic (exact) mass is 539 g/mol. The summed E-state index contributed by atoms with van der Waals surface area (Å²) in [4.78, 5) is 18.1. The molecule has 5 rings (SSSR count). The summed E-state index contributed by atoms with van der Waals surface area (Å²) in [5, 5.41) is 5.07. The van der Waals surface area contributed by atoms with Gasteiger partial charge in [-0.05, 0) is 41.5 Å². The minimum absolute atomic E-state index is 0.368. The molecule has 200 valence electrons. The molecule has 0 unspecified atom stereocenters. The van der Waals surface area contributed by atoms with E-state index in [1.807, 2.05) is 42.5 Å². The normalized spacial score (nSPS) is 16.1. The van der Waals surface area contributed by atoms with Crippen LogP contribution >= 0.6 is 11.6 Å². The molecule has 2 saturated heterocycles. The van der Waals surface area contributed by atoms with Gasteiger partial charge in [0.1, 0.15) is 6.61 Å². The Balaban J connectivity index is 1.30. The second-order valence-electron chi connectivity index (χ2n) is 8.65. The van der Waals surface area contributed by atoms with Gasteiger partial charge < -0.3 is 28.7 Å². The molecule has 11 nitrogen and oxygen atoms in total. The maximum Gasteiger partial charge on any atom is 0.250 e. The zero-order chi connectivity index (χ0) is 26.2. The van der Waals surface area contributed by atoms with Crippen LogP contribution < -0.4 is 24.7 Å². The smallest absolute Gasteiger partial charge is 0.250 e. The molecule has 2 fully saturated rings. The number of benzene rings is 2. The van der Waals surface area contributed by atoms with E-state index in [4.69, 9.17) is 35.5 Å². The summed E-state index contributed by atoms with van der Waals surface area (Å²) in [5.74, 6) is 2.81. The fourth-order valence-electron chi connectivity index (χ4n) is 4.01. The zero-order valence-electron chi connectivity index (χ0n) is 21.2. The van der Waals surface area contributed by atoms with Gasteiger partial charge >= 0.3 is 0 Å². The lowest BCUT2D eigenvalue weighted by Crippen LogP contribution is -2.40. The highest BCUT2D eigenvalue weighted by Gasteiger charge is 2.20. The van der Waals surface area contributed by atoms with Gasteiger partial charge in [-0.3, -0.25) is 0 Å². The number of ether oxygens (including phenoxy) is 4. The molecule has 0 spiro atoms. The van der Waals surface area contributed by atoms with Gasteiger partial charge in [-0.25, -0.2) is 5.43 Å². The standard InChI is InChI=1S/C26H30ClN7O4/c1-35-22-7-4-20(16-23(22)38-18-19-2-5-21(27)6-3-19)17-28-32-24-29-25(33-8-12-36-13-9-33)31-26(30-24)34-10-14-37-15-11-34/h2-7,16-17H,8-15,18H2,1H3,(H,29,30,31,32)/b28-17+. The van der Waals surface area contributed by atoms with E-state index in [9.17, 15) is 0 Å². The van der Waals surface area contributed by atoms with Crippen LogP contribution in [0.25, 0.3) is 0 Å². The largest absolute Gasteiger partial charge is 0.493 e. The SMILES string of the molecule is COc1ccc(/C=N/Nc2nc(N3CCOCC3)nc(N3CCOCC3)n2)cc1OCc1ccc(Cl)cc1. The molecule has 38 heavy (non-hydrogen) atoms. The van der Waals surface area contributed by atoms with Gasteiger partial charge in [-0.1, -0.05) is 23.7 Å². The molecule has 1 N–H and O–H groups in total. The molecule has 3 heterocycles. The topological polar surface area (TPSA) is 106 Å². The van der Waals surface area contributed by atoms with E-state index in [2.05, 4.69) is 30.3 Å². The van der Waals surface area contributed by atoms with Gasteiger partial charge in [0, 0.05) is 31.2 Å². The van der Waals surface area contributed by atoms with Gasteiger partial charge in [0.15, 0.2) is 11.5 Å². The van der Waals surface area contributed by atoms with Crippen molar-refractivity contribution >= 4 is 35.7 Å². The molecule has 1 aromatic heterocycles. The third-order valence-corrected chi connectivity index (χ3v) is 6.33. The molecular weight excluding hydrogens is 510 g/mol. The van der Waals surface area contributed by atoms with Gasteiger partial charge in [-0.2, -0.15) is 20.1 Å². The van der Waals surface area contributed by atoms with Gasteiger partial charge in [0.05, 0.1) is 39.8 Å². The van der Waals surface area contributed by atoms with Gasteiger partial charge in [0.2, 0.25) is 17.8 Å². The third-order valence-electron chi connectivity index (χ3n) is 6.07. The number of nitrogens with one attached hydrogen (secondary N) is 1. The molecule has 0 atom stereocenters. The van der Waals surface area contributed by atoms with Crippen LogP contribution in [-0.2, 0) is 16.1 Å². The zero-order valence-corrected chi connectivity index (χ0v) is 21.9. The van der Waals surface area contributed by atoms with Crippen LogP contribution in [0.5, 0.6) is 11.5 Å². The van der Waals surface area contributed by atoms with E-state index >= 15 is 0 Å². The van der Waals surface area contributed by atoms with Crippen LogP contribution in [0.15, 0.2) is 47.6 Å². The Labute approximate surface area is 226 Å². The lowest BCUT2D eigenvalue weighted by atomic mass is 10.2. The van der Waals surface area contributed by atoms with Crippen LogP contribution in [-0.4, -0.2) is 80.9 Å². The predicted octanol–water partition coefficient (Wildman–Crippen LogP) is 3.23. The van der Waals surface area contributed by atoms with E-state index < -0.39 is 0 Å². The number of anilines is 3. The first kappa shape index (κ1) is 26.0. The summed E-state index contributed by atoms with van der Waals surface area (Å²) >= 11 is 5.98. The minimum Gasteiger partial charge on any atom is -0.493 e. The highest BCUT2D eigenvalue weighted by Crippen LogP contribution is 2.28. The molecule has 2 aliphatic heterocycles. The minimum atomic E-state index is 0.368. The maximum absolute atomic E-state index is 6.01. The molecule has 0 bridgehead atoms. The van der Waals surface area contributed by atoms with Crippen LogP contribution in [0.2, 0.25) is 5.02 Å². The van der Waals surface area contributed by atoms with Crippen molar-refractivity contribution in [2.75, 3.05) is 74.9 Å². The van der Waals surface area contributed by atoms with Crippen molar-refractivity contribution in [2.45, 2.75) is 6.61 Å². The summed E-state index contributed by atoms with van der Waals surface area (Å²) in [6.45, 7) is 5.82. The van der Waals surface area contributed by atoms with E-state index in [1.165, 1.54) is 0 Å². The maximum atomic E-state index is 6.01. The Hall–Kier alpha value is -3.67. The number of halogens is 1. The number of morpholine rings is 2. The van der Waals surface area contributed by atoms with Crippen LogP contribution in [0, 0.1) is 0 Å². The number of hydrogen-bond donors (Lipinski definition) is 1. The summed E-state index contributed by atoms with van der Waals surface area (Å²) in [6.07, 6.45) is 1.68. The van der Waals surface area contributed by atoms with E-state index in [0.29, 0.717) is 67.4 Å². The average molecular weight is 540 g/mol. The number of nitrogens with zero attached hydrogens (tertiary/aromatic N) is 6. The lowest BCUT2D eigenvalue weighted by Gasteiger charge is -2.30. The number of rotatable bonds is 9. The molecule has 0 radical (unpaired) electrons. The summed E-state index contributed by atoms with van der Waals surface area (Å²) in [7, 11) is 1.61. The fraction of sp³-hybridized carbons (Fsp3) is 0.385. The molecule has 0 amide bonds. The number of hydrazone groups is 1. The first-order chi connectivity index (χ1) is 18.7. The van der Waals surface area contributed by atoms with Crippen molar-refractivity contribution in [3.05, 3.63) is 58.6 Å². The van der Waals surface area contributed by atoms with Crippen molar-refractivity contribution in [3.63, 3.8) is 0 Å². The lowest BCUT2D eigenvalue weighted by molar-refractivity contribution is 0.121. The average Bonchev–Trinajstić information content (AvgIpc) is 2.98. The van der Waals surface area contributed by atoms with Crippen molar-refractivity contribution in [3.8, 4) is 11.5 Å². The molecule has 12 heteroatoms. The summed E-state index contributed by atoms with van der Waals surface area (Å²) < 4.78 is 22.4. The van der Waals surface area contributed by atoms with Gasteiger partial charge in [0.25, 0.3) is 0 Å². The summed E-state index contributed by atoms with van der Waals surface area (Å²) in [5.41, 5.74) is 4.79. The van der Waals surface area contributed by atoms with E-state index in [-0.39, 0.29) is 0 Å². The first-order valence-electron chi connectivity index (χ1n) is 12.4. The Morgan fingerprint density at radius 1 is 0.895 bits per heavy atom. The number of hydrogen-bond acceptors (Lipinski definition) is 11. The fourth-order valence-corrected chi connectivity index (χ4v) is 4.13. The summed E-state index contributed by atoms with van der Waals surface area (Å²) in [6, 6.07) is 13.1. The molecular formula is C26H30ClN7O4. The van der Waals surface area contributed by atoms with Crippen LogP contribution in [0.1, 0.15) is 11.1 Å². The molecule has 2 aromatic carbocycles. The predicted molar refractivity (Wildman–Crippen MR) is 146 cm³/mol. The van der Waals surface area contributed by atoms with Gasteiger partial charge in [-0.15, -0.1) is 0 Å². The Kier molecular flexibility index (Phi) is 8.69. The number of aromatic nitrogens is 3. The van der Waals surface area contributed by atoms with Crippen LogP contribution in [0.4, 0.5) is 17.8 Å². The Morgan fingerprint density at radius 2 is 1.53 bits per heavy atom. The first-order valence-corrected chi connectivity index (χ1v) is 12.8. The second-order valence-corrected chi connectivity index (χ2v) is 9.09. The van der Waals surface area contributed by atoms with Crippen molar-refractivity contribution in [1.82, 2.24) is 15.0 Å². The highest BCUT2D eigenvalue weighted by atomic mass is 35.5. The second kappa shape index (κ2) is 12.7. The van der Waals surface area contributed by atoms with Crippen LogP contribution in [0.3, 0.4) is 0 Å². The number of methoxy groups -OCH3 is 1. The van der Waals surface area contributed by atoms with Crippen molar-refractivity contribution in [1.29, 1.82) is 0 Å².